The van der Waals surface area contributed by atoms with Gasteiger partial charge in [0, 0.05) is 32.1 Å². The van der Waals surface area contributed by atoms with Crippen molar-refractivity contribution in [1.29, 1.82) is 0 Å². The van der Waals surface area contributed by atoms with Crippen molar-refractivity contribution >= 4 is 41.4 Å². The number of aromatic nitrogens is 2. The number of aldehydes is 1. The van der Waals surface area contributed by atoms with Crippen LogP contribution >= 0.6 is 11.9 Å². The maximum absolute atomic E-state index is 14.1. The van der Waals surface area contributed by atoms with Crippen molar-refractivity contribution in [2.45, 2.75) is 12.7 Å². The fraction of sp³-hybridized carbons (Fsp3) is 0.227. The van der Waals surface area contributed by atoms with Gasteiger partial charge in [-0.15, -0.1) is 0 Å². The minimum atomic E-state index is -4.77. The third-order valence-electron chi connectivity index (χ3n) is 4.89. The first-order valence-corrected chi connectivity index (χ1v) is 11.1. The molecule has 2 N–H and O–H groups in total. The normalized spacial score (nSPS) is 11.2. The van der Waals surface area contributed by atoms with E-state index in [-0.39, 0.29) is 29.5 Å². The number of carbonyl (C=O) groups is 1. The number of nitrogens with zero attached hydrogens (tertiary/aromatic N) is 3. The third kappa shape index (κ3) is 6.10. The first-order chi connectivity index (χ1) is 16.6. The van der Waals surface area contributed by atoms with E-state index in [1.807, 2.05) is 0 Å². The highest BCUT2D eigenvalue weighted by Crippen LogP contribution is 2.36. The molecule has 2 aromatic carbocycles. The monoisotopic (exact) mass is 513 g/mol. The van der Waals surface area contributed by atoms with Crippen molar-refractivity contribution in [3.8, 4) is 5.75 Å². The number of hydrogen-bond donors (Lipinski definition) is 2. The van der Waals surface area contributed by atoms with Crippen molar-refractivity contribution in [3.05, 3.63) is 64.9 Å². The first-order valence-electron chi connectivity index (χ1n) is 9.91. The van der Waals surface area contributed by atoms with Crippen LogP contribution in [0.5, 0.6) is 5.75 Å². The minimum Gasteiger partial charge on any atom is -0.495 e. The van der Waals surface area contributed by atoms with Gasteiger partial charge in [0.25, 0.3) is 0 Å². The third-order valence-corrected chi connectivity index (χ3v) is 5.64. The molecule has 0 spiro atoms. The SMILES string of the molecule is COc1cc(C=O)c(F)cc1Nc1ncc(C(F)(F)F)c(NCc2ccc(F)cc2N(C)SC)n1. The lowest BCUT2D eigenvalue weighted by molar-refractivity contribution is -0.137. The molecule has 0 radical (unpaired) electrons. The largest absolute Gasteiger partial charge is 0.495 e. The van der Waals surface area contributed by atoms with Gasteiger partial charge < -0.3 is 19.7 Å². The molecule has 186 valence electrons. The average molecular weight is 513 g/mol. The summed E-state index contributed by atoms with van der Waals surface area (Å²) in [4.78, 5) is 18.6. The molecule has 0 bridgehead atoms. The van der Waals surface area contributed by atoms with Crippen LogP contribution in [0.25, 0.3) is 0 Å². The van der Waals surface area contributed by atoms with Crippen molar-refractivity contribution in [2.24, 2.45) is 0 Å². The summed E-state index contributed by atoms with van der Waals surface area (Å²) in [5.41, 5.74) is -0.379. The Bertz CT molecular complexity index is 1230. The Morgan fingerprint density at radius 2 is 1.94 bits per heavy atom. The Kier molecular flexibility index (Phi) is 7.99. The quantitative estimate of drug-likeness (QED) is 0.216. The number of methoxy groups -OCH3 is 1. The number of ether oxygens (including phenoxy) is 1. The van der Waals surface area contributed by atoms with Crippen molar-refractivity contribution in [2.75, 3.05) is 35.4 Å². The number of rotatable bonds is 9. The van der Waals surface area contributed by atoms with Gasteiger partial charge in [-0.2, -0.15) is 18.2 Å². The standard InChI is InChI=1S/C22H20F5N5O2S/c1-32(35-3)18-7-14(23)5-4-12(18)9-28-20-15(22(25,26)27)10-29-21(31-20)30-17-8-16(24)13(11-33)6-19(17)34-2/h4-8,10-11H,9H2,1-3H3,(H2,28,29,30,31). The predicted molar refractivity (Wildman–Crippen MR) is 124 cm³/mol. The van der Waals surface area contributed by atoms with Crippen LogP contribution in [0.3, 0.4) is 0 Å². The Hall–Kier alpha value is -3.61. The van der Waals surface area contributed by atoms with Gasteiger partial charge in [0.05, 0.1) is 24.0 Å². The van der Waals surface area contributed by atoms with Crippen LogP contribution in [-0.4, -0.2) is 36.7 Å². The minimum absolute atomic E-state index is 0.00345. The van der Waals surface area contributed by atoms with E-state index in [2.05, 4.69) is 20.6 Å². The molecule has 3 aromatic rings. The summed E-state index contributed by atoms with van der Waals surface area (Å²) >= 11 is 1.30. The highest BCUT2D eigenvalue weighted by Gasteiger charge is 2.35. The molecule has 13 heteroatoms. The molecule has 3 rings (SSSR count). The zero-order valence-electron chi connectivity index (χ0n) is 18.7. The molecule has 1 aromatic heterocycles. The maximum Gasteiger partial charge on any atom is 0.421 e. The number of nitrogens with one attached hydrogen (secondary N) is 2. The van der Waals surface area contributed by atoms with E-state index in [0.717, 1.165) is 12.1 Å². The molecular weight excluding hydrogens is 493 g/mol. The molecule has 1 heterocycles. The van der Waals surface area contributed by atoms with E-state index in [1.165, 1.54) is 37.3 Å². The van der Waals surface area contributed by atoms with Crippen LogP contribution in [0.1, 0.15) is 21.5 Å². The zero-order chi connectivity index (χ0) is 25.8. The molecule has 35 heavy (non-hydrogen) atoms. The molecule has 0 saturated heterocycles. The summed E-state index contributed by atoms with van der Waals surface area (Å²) in [6.45, 7) is -0.105. The summed E-state index contributed by atoms with van der Waals surface area (Å²) in [5, 5.41) is 5.25. The molecule has 7 nitrogen and oxygen atoms in total. The Balaban J connectivity index is 1.96. The summed E-state index contributed by atoms with van der Waals surface area (Å²) in [6, 6.07) is 6.01. The molecule has 0 amide bonds. The van der Waals surface area contributed by atoms with Gasteiger partial charge in [0.2, 0.25) is 5.95 Å². The van der Waals surface area contributed by atoms with E-state index >= 15 is 0 Å². The molecule has 0 atom stereocenters. The number of carbonyl (C=O) groups excluding carboxylic acids is 1. The van der Waals surface area contributed by atoms with Crippen molar-refractivity contribution < 1.29 is 31.5 Å². The summed E-state index contributed by atoms with van der Waals surface area (Å²) in [7, 11) is 2.97. The van der Waals surface area contributed by atoms with Gasteiger partial charge in [-0.05, 0) is 23.8 Å². The van der Waals surface area contributed by atoms with E-state index < -0.39 is 29.2 Å². The summed E-state index contributed by atoms with van der Waals surface area (Å²) in [5.74, 6) is -2.12. The van der Waals surface area contributed by atoms with E-state index in [0.29, 0.717) is 23.7 Å². The fourth-order valence-electron chi connectivity index (χ4n) is 3.09. The molecule has 0 aliphatic heterocycles. The molecular formula is C22H20F5N5O2S. The summed E-state index contributed by atoms with van der Waals surface area (Å²) < 4.78 is 75.4. The second-order valence-electron chi connectivity index (χ2n) is 7.08. The fourth-order valence-corrected chi connectivity index (χ4v) is 3.45. The van der Waals surface area contributed by atoms with Crippen LogP contribution in [0.15, 0.2) is 36.5 Å². The van der Waals surface area contributed by atoms with Crippen LogP contribution < -0.4 is 19.7 Å². The van der Waals surface area contributed by atoms with Crippen LogP contribution in [0, 0.1) is 11.6 Å². The van der Waals surface area contributed by atoms with Gasteiger partial charge in [0.15, 0.2) is 6.29 Å². The number of benzene rings is 2. The lowest BCUT2D eigenvalue weighted by Crippen LogP contribution is -2.16. The topological polar surface area (TPSA) is 79.4 Å². The van der Waals surface area contributed by atoms with Gasteiger partial charge >= 0.3 is 6.18 Å². The highest BCUT2D eigenvalue weighted by molar-refractivity contribution is 7.99. The molecule has 0 saturated carbocycles. The summed E-state index contributed by atoms with van der Waals surface area (Å²) in [6.07, 6.45) is -2.11. The van der Waals surface area contributed by atoms with Crippen molar-refractivity contribution in [1.82, 2.24) is 9.97 Å². The van der Waals surface area contributed by atoms with Crippen molar-refractivity contribution in [3.63, 3.8) is 0 Å². The Labute approximate surface area is 201 Å². The maximum atomic E-state index is 14.1. The lowest BCUT2D eigenvalue weighted by atomic mass is 10.1. The van der Waals surface area contributed by atoms with E-state index in [4.69, 9.17) is 4.74 Å². The zero-order valence-corrected chi connectivity index (χ0v) is 19.5. The smallest absolute Gasteiger partial charge is 0.421 e. The van der Waals surface area contributed by atoms with E-state index in [9.17, 15) is 26.7 Å². The molecule has 0 aliphatic carbocycles. The number of hydrogen-bond acceptors (Lipinski definition) is 8. The van der Waals surface area contributed by atoms with E-state index in [1.54, 1.807) is 17.6 Å². The molecule has 0 fully saturated rings. The van der Waals surface area contributed by atoms with Gasteiger partial charge in [0.1, 0.15) is 28.8 Å². The lowest BCUT2D eigenvalue weighted by Gasteiger charge is -2.21. The van der Waals surface area contributed by atoms with Gasteiger partial charge in [-0.3, -0.25) is 4.79 Å². The molecule has 0 unspecified atom stereocenters. The molecule has 0 aliphatic rings. The second kappa shape index (κ2) is 10.8. The van der Waals surface area contributed by atoms with Gasteiger partial charge in [-0.25, -0.2) is 13.8 Å². The Morgan fingerprint density at radius 1 is 1.20 bits per heavy atom. The number of halogens is 5. The van der Waals surface area contributed by atoms with Crippen LogP contribution in [0.2, 0.25) is 0 Å². The number of anilines is 4. The van der Waals surface area contributed by atoms with Crippen LogP contribution in [-0.2, 0) is 12.7 Å². The Morgan fingerprint density at radius 3 is 2.57 bits per heavy atom. The van der Waals surface area contributed by atoms with Crippen LogP contribution in [0.4, 0.5) is 45.1 Å². The average Bonchev–Trinajstić information content (AvgIpc) is 2.82. The highest BCUT2D eigenvalue weighted by atomic mass is 32.2. The second-order valence-corrected chi connectivity index (χ2v) is 7.99. The first kappa shape index (κ1) is 26.0. The number of alkyl halides is 3. The van der Waals surface area contributed by atoms with Gasteiger partial charge in [-0.1, -0.05) is 18.0 Å². The predicted octanol–water partition coefficient (Wildman–Crippen LogP) is 5.66.